The van der Waals surface area contributed by atoms with Crippen LogP contribution in [0.15, 0.2) is 42.7 Å². The van der Waals surface area contributed by atoms with Crippen molar-refractivity contribution in [2.75, 3.05) is 14.2 Å². The quantitative estimate of drug-likeness (QED) is 0.896. The van der Waals surface area contributed by atoms with Crippen LogP contribution in [0.3, 0.4) is 0 Å². The highest BCUT2D eigenvalue weighted by atomic mass is 16.5. The maximum absolute atomic E-state index is 11.8. The van der Waals surface area contributed by atoms with Crippen molar-refractivity contribution in [2.45, 2.75) is 0 Å². The Hall–Kier alpha value is -2.36. The SMILES string of the molecule is CNC(=O)c1ccccc1-c1cncc(OC)c1. The average molecular weight is 242 g/mol. The topological polar surface area (TPSA) is 51.2 Å². The Balaban J connectivity index is 2.53. The summed E-state index contributed by atoms with van der Waals surface area (Å²) in [5.41, 5.74) is 2.31. The molecular formula is C14H14N2O2. The first-order valence-electron chi connectivity index (χ1n) is 5.56. The molecule has 4 heteroatoms. The predicted octanol–water partition coefficient (Wildman–Crippen LogP) is 2.12. The molecule has 1 aromatic carbocycles. The largest absolute Gasteiger partial charge is 0.495 e. The van der Waals surface area contributed by atoms with Gasteiger partial charge in [0.1, 0.15) is 5.75 Å². The average Bonchev–Trinajstić information content (AvgIpc) is 2.46. The van der Waals surface area contributed by atoms with Crippen molar-refractivity contribution < 1.29 is 9.53 Å². The summed E-state index contributed by atoms with van der Waals surface area (Å²) in [6, 6.07) is 9.26. The van der Waals surface area contributed by atoms with E-state index in [2.05, 4.69) is 10.3 Å². The number of carbonyl (C=O) groups excluding carboxylic acids is 1. The highest BCUT2D eigenvalue weighted by Gasteiger charge is 2.11. The molecule has 92 valence electrons. The van der Waals surface area contributed by atoms with Gasteiger partial charge in [-0.05, 0) is 17.7 Å². The van der Waals surface area contributed by atoms with Gasteiger partial charge < -0.3 is 10.1 Å². The Kier molecular flexibility index (Phi) is 3.57. The van der Waals surface area contributed by atoms with E-state index in [0.717, 1.165) is 11.1 Å². The van der Waals surface area contributed by atoms with Crippen LogP contribution in [-0.2, 0) is 0 Å². The van der Waals surface area contributed by atoms with Gasteiger partial charge in [-0.1, -0.05) is 18.2 Å². The van der Waals surface area contributed by atoms with Crippen molar-refractivity contribution in [1.29, 1.82) is 0 Å². The van der Waals surface area contributed by atoms with Crippen LogP contribution in [-0.4, -0.2) is 25.0 Å². The molecule has 2 aromatic rings. The van der Waals surface area contributed by atoms with E-state index in [1.54, 1.807) is 32.6 Å². The fraction of sp³-hybridized carbons (Fsp3) is 0.143. The van der Waals surface area contributed by atoms with Gasteiger partial charge in [0.15, 0.2) is 0 Å². The first-order chi connectivity index (χ1) is 8.76. The molecule has 1 amide bonds. The minimum atomic E-state index is -0.117. The molecule has 4 nitrogen and oxygen atoms in total. The Morgan fingerprint density at radius 1 is 1.28 bits per heavy atom. The van der Waals surface area contributed by atoms with Gasteiger partial charge in [-0.25, -0.2) is 0 Å². The summed E-state index contributed by atoms with van der Waals surface area (Å²) in [4.78, 5) is 15.9. The fourth-order valence-corrected chi connectivity index (χ4v) is 1.75. The molecule has 18 heavy (non-hydrogen) atoms. The summed E-state index contributed by atoms with van der Waals surface area (Å²) in [6.07, 6.45) is 3.34. The zero-order chi connectivity index (χ0) is 13.0. The van der Waals surface area contributed by atoms with Crippen LogP contribution in [0.5, 0.6) is 5.75 Å². The number of aromatic nitrogens is 1. The number of rotatable bonds is 3. The van der Waals surface area contributed by atoms with E-state index in [1.807, 2.05) is 24.3 Å². The lowest BCUT2D eigenvalue weighted by Crippen LogP contribution is -2.18. The Labute approximate surface area is 106 Å². The molecule has 0 atom stereocenters. The first-order valence-corrected chi connectivity index (χ1v) is 5.56. The number of nitrogens with one attached hydrogen (secondary N) is 1. The minimum Gasteiger partial charge on any atom is -0.495 e. The molecule has 1 N–H and O–H groups in total. The number of pyridine rings is 1. The maximum atomic E-state index is 11.8. The van der Waals surface area contributed by atoms with Crippen molar-refractivity contribution >= 4 is 5.91 Å². The zero-order valence-electron chi connectivity index (χ0n) is 10.3. The van der Waals surface area contributed by atoms with E-state index in [9.17, 15) is 4.79 Å². The number of carbonyl (C=O) groups is 1. The van der Waals surface area contributed by atoms with Crippen molar-refractivity contribution in [1.82, 2.24) is 10.3 Å². The molecule has 0 bridgehead atoms. The molecular weight excluding hydrogens is 228 g/mol. The Bertz CT molecular complexity index is 567. The highest BCUT2D eigenvalue weighted by Crippen LogP contribution is 2.25. The number of methoxy groups -OCH3 is 1. The van der Waals surface area contributed by atoms with E-state index in [4.69, 9.17) is 4.74 Å². The van der Waals surface area contributed by atoms with Crippen molar-refractivity contribution in [3.05, 3.63) is 48.3 Å². The summed E-state index contributed by atoms with van der Waals surface area (Å²) < 4.78 is 5.14. The highest BCUT2D eigenvalue weighted by molar-refractivity contribution is 6.00. The van der Waals surface area contributed by atoms with E-state index < -0.39 is 0 Å². The Morgan fingerprint density at radius 2 is 2.06 bits per heavy atom. The maximum Gasteiger partial charge on any atom is 0.251 e. The number of hydrogen-bond donors (Lipinski definition) is 1. The van der Waals surface area contributed by atoms with E-state index in [-0.39, 0.29) is 5.91 Å². The fourth-order valence-electron chi connectivity index (χ4n) is 1.75. The first kappa shape index (κ1) is 12.1. The smallest absolute Gasteiger partial charge is 0.251 e. The van der Waals surface area contributed by atoms with Crippen LogP contribution in [0.2, 0.25) is 0 Å². The van der Waals surface area contributed by atoms with Gasteiger partial charge in [-0.3, -0.25) is 9.78 Å². The Morgan fingerprint density at radius 3 is 2.78 bits per heavy atom. The van der Waals surface area contributed by atoms with Crippen molar-refractivity contribution in [2.24, 2.45) is 0 Å². The molecule has 0 fully saturated rings. The van der Waals surface area contributed by atoms with Gasteiger partial charge in [0, 0.05) is 24.4 Å². The lowest BCUT2D eigenvalue weighted by Gasteiger charge is -2.09. The number of benzene rings is 1. The van der Waals surface area contributed by atoms with E-state index in [0.29, 0.717) is 11.3 Å². The summed E-state index contributed by atoms with van der Waals surface area (Å²) in [5.74, 6) is 0.549. The van der Waals surface area contributed by atoms with E-state index >= 15 is 0 Å². The monoisotopic (exact) mass is 242 g/mol. The van der Waals surface area contributed by atoms with Crippen LogP contribution in [0, 0.1) is 0 Å². The second-order valence-corrected chi connectivity index (χ2v) is 3.74. The molecule has 0 unspecified atom stereocenters. The van der Waals surface area contributed by atoms with Gasteiger partial charge in [-0.2, -0.15) is 0 Å². The van der Waals surface area contributed by atoms with E-state index in [1.165, 1.54) is 0 Å². The van der Waals surface area contributed by atoms with Crippen molar-refractivity contribution in [3.8, 4) is 16.9 Å². The van der Waals surface area contributed by atoms with Gasteiger partial charge in [0.25, 0.3) is 5.91 Å². The molecule has 2 rings (SSSR count). The second-order valence-electron chi connectivity index (χ2n) is 3.74. The third kappa shape index (κ3) is 2.32. The summed E-state index contributed by atoms with van der Waals surface area (Å²) in [5, 5.41) is 2.63. The van der Waals surface area contributed by atoms with Gasteiger partial charge in [-0.15, -0.1) is 0 Å². The second kappa shape index (κ2) is 5.31. The number of ether oxygens (including phenoxy) is 1. The summed E-state index contributed by atoms with van der Waals surface area (Å²) in [6.45, 7) is 0. The summed E-state index contributed by atoms with van der Waals surface area (Å²) >= 11 is 0. The standard InChI is InChI=1S/C14H14N2O2/c1-15-14(17)13-6-4-3-5-12(13)10-7-11(18-2)9-16-8-10/h3-9H,1-2H3,(H,15,17). The molecule has 0 aliphatic carbocycles. The molecule has 0 saturated carbocycles. The van der Waals surface area contributed by atoms with Gasteiger partial charge in [0.05, 0.1) is 13.3 Å². The normalized spacial score (nSPS) is 9.89. The van der Waals surface area contributed by atoms with Gasteiger partial charge in [0.2, 0.25) is 0 Å². The predicted molar refractivity (Wildman–Crippen MR) is 69.6 cm³/mol. The van der Waals surface area contributed by atoms with Gasteiger partial charge >= 0.3 is 0 Å². The summed E-state index contributed by atoms with van der Waals surface area (Å²) in [7, 11) is 3.20. The van der Waals surface area contributed by atoms with Crippen LogP contribution in [0.25, 0.3) is 11.1 Å². The lowest BCUT2D eigenvalue weighted by molar-refractivity contribution is 0.0963. The number of nitrogens with zero attached hydrogens (tertiary/aromatic N) is 1. The van der Waals surface area contributed by atoms with Crippen LogP contribution in [0.1, 0.15) is 10.4 Å². The molecule has 0 spiro atoms. The number of hydrogen-bond acceptors (Lipinski definition) is 3. The van der Waals surface area contributed by atoms with Crippen LogP contribution < -0.4 is 10.1 Å². The lowest BCUT2D eigenvalue weighted by atomic mass is 10.0. The molecule has 1 heterocycles. The molecule has 0 aliphatic heterocycles. The van der Waals surface area contributed by atoms with Crippen LogP contribution >= 0.6 is 0 Å². The van der Waals surface area contributed by atoms with Crippen molar-refractivity contribution in [3.63, 3.8) is 0 Å². The third-order valence-corrected chi connectivity index (χ3v) is 2.66. The molecule has 0 saturated heterocycles. The number of amides is 1. The molecule has 0 radical (unpaired) electrons. The van der Waals surface area contributed by atoms with Crippen LogP contribution in [0.4, 0.5) is 0 Å². The minimum absolute atomic E-state index is 0.117. The third-order valence-electron chi connectivity index (χ3n) is 2.66. The molecule has 0 aliphatic rings. The molecule has 1 aromatic heterocycles. The zero-order valence-corrected chi connectivity index (χ0v) is 10.3.